The number of aromatic amines is 1. The average molecular weight is 390 g/mol. The number of rotatable bonds is 6. The van der Waals surface area contributed by atoms with E-state index < -0.39 is 0 Å². The predicted molar refractivity (Wildman–Crippen MR) is 108 cm³/mol. The molecule has 2 heterocycles. The Bertz CT molecular complexity index is 932. The molecule has 2 aromatic rings. The monoisotopic (exact) mass is 389 g/mol. The summed E-state index contributed by atoms with van der Waals surface area (Å²) in [7, 11) is 0. The SMILES string of the molecule is CC1(C)CN(C(=O)CCCCCn2c(=S)[nH]c3ccccc3c2=O)CCO1. The number of nitrogens with one attached hydrogen (secondary N) is 1. The quantitative estimate of drug-likeness (QED) is 0.608. The number of fused-ring (bicyclic) bond motifs is 1. The third-order valence-corrected chi connectivity index (χ3v) is 5.26. The Labute approximate surface area is 164 Å². The van der Waals surface area contributed by atoms with Gasteiger partial charge in [0.15, 0.2) is 4.77 Å². The second kappa shape index (κ2) is 8.35. The number of ether oxygens (including phenoxy) is 1. The Balaban J connectivity index is 1.50. The van der Waals surface area contributed by atoms with Crippen LogP contribution in [0.5, 0.6) is 0 Å². The van der Waals surface area contributed by atoms with Gasteiger partial charge < -0.3 is 14.6 Å². The lowest BCUT2D eigenvalue weighted by atomic mass is 10.1. The lowest BCUT2D eigenvalue weighted by Crippen LogP contribution is -2.50. The van der Waals surface area contributed by atoms with Gasteiger partial charge in [0.05, 0.1) is 23.1 Å². The summed E-state index contributed by atoms with van der Waals surface area (Å²) in [4.78, 5) is 30.0. The second-order valence-electron chi connectivity index (χ2n) is 7.67. The smallest absolute Gasteiger partial charge is 0.262 e. The van der Waals surface area contributed by atoms with Crippen LogP contribution in [0, 0.1) is 4.77 Å². The minimum Gasteiger partial charge on any atom is -0.372 e. The number of aromatic nitrogens is 2. The topological polar surface area (TPSA) is 67.3 Å². The molecule has 0 spiro atoms. The molecule has 0 bridgehead atoms. The average Bonchev–Trinajstić information content (AvgIpc) is 2.62. The summed E-state index contributed by atoms with van der Waals surface area (Å²) in [6.07, 6.45) is 3.05. The molecule has 0 radical (unpaired) electrons. The Morgan fingerprint density at radius 2 is 2.04 bits per heavy atom. The first-order valence-corrected chi connectivity index (χ1v) is 9.92. The van der Waals surface area contributed by atoms with Crippen molar-refractivity contribution >= 4 is 29.0 Å². The lowest BCUT2D eigenvalue weighted by Gasteiger charge is -2.38. The number of para-hydroxylation sites is 1. The van der Waals surface area contributed by atoms with Crippen LogP contribution in [0.2, 0.25) is 0 Å². The fraction of sp³-hybridized carbons (Fsp3) is 0.550. The number of hydrogen-bond acceptors (Lipinski definition) is 4. The van der Waals surface area contributed by atoms with Gasteiger partial charge in [0, 0.05) is 26.1 Å². The van der Waals surface area contributed by atoms with Gasteiger partial charge in [-0.3, -0.25) is 14.2 Å². The number of H-pyrrole nitrogens is 1. The molecule has 0 atom stereocenters. The molecule has 0 unspecified atom stereocenters. The predicted octanol–water partition coefficient (Wildman–Crippen LogP) is 3.26. The summed E-state index contributed by atoms with van der Waals surface area (Å²) in [6.45, 7) is 6.51. The number of morpholine rings is 1. The molecule has 7 heteroatoms. The maximum absolute atomic E-state index is 12.6. The summed E-state index contributed by atoms with van der Waals surface area (Å²) in [5, 5.41) is 0.649. The molecule has 3 rings (SSSR count). The summed E-state index contributed by atoms with van der Waals surface area (Å²) in [5.74, 6) is 0.187. The maximum Gasteiger partial charge on any atom is 0.262 e. The van der Waals surface area contributed by atoms with Crippen LogP contribution in [0.4, 0.5) is 0 Å². The van der Waals surface area contributed by atoms with E-state index in [1.54, 1.807) is 4.57 Å². The third kappa shape index (κ3) is 4.84. The molecule has 0 aliphatic carbocycles. The highest BCUT2D eigenvalue weighted by Crippen LogP contribution is 2.17. The number of carbonyl (C=O) groups excluding carboxylic acids is 1. The minimum absolute atomic E-state index is 0.0547. The summed E-state index contributed by atoms with van der Waals surface area (Å²) < 4.78 is 7.72. The van der Waals surface area contributed by atoms with Crippen molar-refractivity contribution in [3.05, 3.63) is 39.4 Å². The number of amides is 1. The Morgan fingerprint density at radius 1 is 1.26 bits per heavy atom. The largest absolute Gasteiger partial charge is 0.372 e. The number of unbranched alkanes of at least 4 members (excludes halogenated alkanes) is 2. The second-order valence-corrected chi connectivity index (χ2v) is 8.05. The van der Waals surface area contributed by atoms with Crippen LogP contribution in [0.25, 0.3) is 10.9 Å². The number of benzene rings is 1. The van der Waals surface area contributed by atoms with E-state index in [0.717, 1.165) is 24.8 Å². The maximum atomic E-state index is 12.6. The van der Waals surface area contributed by atoms with E-state index in [9.17, 15) is 9.59 Å². The summed E-state index contributed by atoms with van der Waals surface area (Å²) in [5.41, 5.74) is 0.449. The first kappa shape index (κ1) is 19.8. The van der Waals surface area contributed by atoms with Gasteiger partial charge in [-0.1, -0.05) is 18.6 Å². The minimum atomic E-state index is -0.262. The van der Waals surface area contributed by atoms with E-state index in [-0.39, 0.29) is 17.1 Å². The lowest BCUT2D eigenvalue weighted by molar-refractivity contribution is -0.146. The van der Waals surface area contributed by atoms with Crippen molar-refractivity contribution in [2.75, 3.05) is 19.7 Å². The molecule has 1 fully saturated rings. The van der Waals surface area contributed by atoms with Crippen LogP contribution >= 0.6 is 12.2 Å². The van der Waals surface area contributed by atoms with Gasteiger partial charge in [0.2, 0.25) is 5.91 Å². The van der Waals surface area contributed by atoms with E-state index in [1.807, 2.05) is 43.0 Å². The fourth-order valence-electron chi connectivity index (χ4n) is 3.51. The van der Waals surface area contributed by atoms with Gasteiger partial charge in [-0.05, 0) is 51.0 Å². The van der Waals surface area contributed by atoms with Crippen molar-refractivity contribution in [1.82, 2.24) is 14.5 Å². The van der Waals surface area contributed by atoms with Crippen molar-refractivity contribution in [3.8, 4) is 0 Å². The van der Waals surface area contributed by atoms with Gasteiger partial charge in [-0.25, -0.2) is 0 Å². The summed E-state index contributed by atoms with van der Waals surface area (Å²) >= 11 is 5.33. The standard InChI is InChI=1S/C20H27N3O3S/c1-20(2)14-22(12-13-26-20)17(24)10-4-3-7-11-23-18(25)15-8-5-6-9-16(15)21-19(23)27/h5-6,8-9H,3-4,7,10-14H2,1-2H3,(H,21,27). The van der Waals surface area contributed by atoms with Crippen LogP contribution in [0.1, 0.15) is 39.5 Å². The fourth-order valence-corrected chi connectivity index (χ4v) is 3.80. The molecule has 1 aromatic heterocycles. The molecule has 0 saturated carbocycles. The van der Waals surface area contributed by atoms with E-state index >= 15 is 0 Å². The van der Waals surface area contributed by atoms with Gasteiger partial charge in [-0.2, -0.15) is 0 Å². The van der Waals surface area contributed by atoms with E-state index in [1.165, 1.54) is 0 Å². The van der Waals surface area contributed by atoms with Crippen molar-refractivity contribution < 1.29 is 9.53 Å². The molecule has 1 saturated heterocycles. The van der Waals surface area contributed by atoms with Crippen molar-refractivity contribution in [2.24, 2.45) is 0 Å². The first-order chi connectivity index (χ1) is 12.9. The van der Waals surface area contributed by atoms with E-state index in [0.29, 0.717) is 42.8 Å². The molecule has 6 nitrogen and oxygen atoms in total. The van der Waals surface area contributed by atoms with Crippen LogP contribution in [-0.4, -0.2) is 45.7 Å². The normalized spacial score (nSPS) is 16.6. The van der Waals surface area contributed by atoms with Crippen LogP contribution in [0.3, 0.4) is 0 Å². The van der Waals surface area contributed by atoms with Crippen LogP contribution < -0.4 is 5.56 Å². The van der Waals surface area contributed by atoms with Crippen LogP contribution in [0.15, 0.2) is 29.1 Å². The molecule has 1 aliphatic rings. The molecule has 27 heavy (non-hydrogen) atoms. The Kier molecular flexibility index (Phi) is 6.11. The Morgan fingerprint density at radius 3 is 2.81 bits per heavy atom. The zero-order chi connectivity index (χ0) is 19.4. The zero-order valence-electron chi connectivity index (χ0n) is 16.0. The molecule has 1 N–H and O–H groups in total. The van der Waals surface area contributed by atoms with Gasteiger partial charge in [0.25, 0.3) is 5.56 Å². The molecular weight excluding hydrogens is 362 g/mol. The van der Waals surface area contributed by atoms with Crippen molar-refractivity contribution in [3.63, 3.8) is 0 Å². The highest BCUT2D eigenvalue weighted by atomic mass is 32.1. The van der Waals surface area contributed by atoms with E-state index in [4.69, 9.17) is 17.0 Å². The van der Waals surface area contributed by atoms with E-state index in [2.05, 4.69) is 4.98 Å². The number of nitrogens with zero attached hydrogens (tertiary/aromatic N) is 2. The molecule has 1 amide bonds. The summed E-state index contributed by atoms with van der Waals surface area (Å²) in [6, 6.07) is 7.39. The third-order valence-electron chi connectivity index (χ3n) is 4.94. The molecule has 146 valence electrons. The van der Waals surface area contributed by atoms with Crippen molar-refractivity contribution in [1.29, 1.82) is 0 Å². The van der Waals surface area contributed by atoms with Gasteiger partial charge in [-0.15, -0.1) is 0 Å². The first-order valence-electron chi connectivity index (χ1n) is 9.51. The Hall–Kier alpha value is -1.99. The highest BCUT2D eigenvalue weighted by molar-refractivity contribution is 7.71. The highest BCUT2D eigenvalue weighted by Gasteiger charge is 2.29. The van der Waals surface area contributed by atoms with Gasteiger partial charge in [0.1, 0.15) is 0 Å². The molecular formula is C20H27N3O3S. The number of hydrogen-bond donors (Lipinski definition) is 1. The van der Waals surface area contributed by atoms with Gasteiger partial charge >= 0.3 is 0 Å². The van der Waals surface area contributed by atoms with Crippen molar-refractivity contribution in [2.45, 2.75) is 51.7 Å². The zero-order valence-corrected chi connectivity index (χ0v) is 16.8. The number of carbonyl (C=O) groups is 1. The van der Waals surface area contributed by atoms with Crippen LogP contribution in [-0.2, 0) is 16.1 Å². The molecule has 1 aliphatic heterocycles. The molecule has 1 aromatic carbocycles.